The smallest absolute Gasteiger partial charge is 0.248 e. The molecule has 1 aromatic rings. The molecule has 10 nitrogen and oxygen atoms in total. The van der Waals surface area contributed by atoms with Crippen LogP contribution in [0.4, 0.5) is 0 Å². The van der Waals surface area contributed by atoms with Crippen LogP contribution in [0, 0.1) is 11.8 Å². The maximum Gasteiger partial charge on any atom is 0.248 e. The summed E-state index contributed by atoms with van der Waals surface area (Å²) in [4.78, 5) is 50.9. The predicted octanol–water partition coefficient (Wildman–Crippen LogP) is 1.74. The van der Waals surface area contributed by atoms with E-state index in [1.807, 2.05) is 37.3 Å². The Morgan fingerprint density at radius 3 is 2.45 bits per heavy atom. The molecule has 240 valence electrons. The number of hydrogen-bond donors (Lipinski definition) is 1. The molecule has 4 heterocycles. The molecule has 0 aliphatic carbocycles. The largest absolute Gasteiger partial charge is 0.394 e. The van der Waals surface area contributed by atoms with Gasteiger partial charge in [0.1, 0.15) is 11.6 Å². The summed E-state index contributed by atoms with van der Waals surface area (Å²) in [7, 11) is 1.72. The van der Waals surface area contributed by atoms with Gasteiger partial charge in [-0.05, 0) is 31.2 Å². The van der Waals surface area contributed by atoms with Crippen molar-refractivity contribution in [3.63, 3.8) is 0 Å². The molecular formula is C34H48N4O6. The van der Waals surface area contributed by atoms with E-state index in [0.717, 1.165) is 18.7 Å². The van der Waals surface area contributed by atoms with Crippen LogP contribution in [0.1, 0.15) is 31.7 Å². The molecule has 4 aliphatic rings. The molecule has 10 heteroatoms. The van der Waals surface area contributed by atoms with E-state index in [2.05, 4.69) is 18.1 Å². The molecule has 0 radical (unpaired) electrons. The minimum atomic E-state index is -1.16. The molecule has 1 spiro atoms. The number of ether oxygens (including phenoxy) is 2. The molecule has 1 aromatic carbocycles. The minimum absolute atomic E-state index is 0.168. The van der Waals surface area contributed by atoms with Crippen molar-refractivity contribution in [2.75, 3.05) is 66.1 Å². The molecule has 2 bridgehead atoms. The second kappa shape index (κ2) is 13.5. The number of morpholine rings is 1. The monoisotopic (exact) mass is 608 g/mol. The van der Waals surface area contributed by atoms with Crippen molar-refractivity contribution in [2.45, 2.75) is 55.9 Å². The van der Waals surface area contributed by atoms with Crippen molar-refractivity contribution in [1.82, 2.24) is 19.6 Å². The number of benzene rings is 1. The van der Waals surface area contributed by atoms with Crippen LogP contribution in [0.3, 0.4) is 0 Å². The van der Waals surface area contributed by atoms with Gasteiger partial charge in [-0.25, -0.2) is 0 Å². The average molecular weight is 609 g/mol. The summed E-state index contributed by atoms with van der Waals surface area (Å²) < 4.78 is 12.5. The van der Waals surface area contributed by atoms with E-state index < -0.39 is 35.1 Å². The lowest BCUT2D eigenvalue weighted by Gasteiger charge is -2.40. The first-order valence-corrected chi connectivity index (χ1v) is 16.0. The van der Waals surface area contributed by atoms with E-state index in [1.54, 1.807) is 33.9 Å². The predicted molar refractivity (Wildman–Crippen MR) is 167 cm³/mol. The summed E-state index contributed by atoms with van der Waals surface area (Å²) in [5.74, 6) is -2.22. The highest BCUT2D eigenvalue weighted by Gasteiger charge is 2.79. The van der Waals surface area contributed by atoms with E-state index in [4.69, 9.17) is 9.47 Å². The molecule has 0 saturated carbocycles. The zero-order valence-electron chi connectivity index (χ0n) is 26.2. The Balaban J connectivity index is 1.55. The molecule has 44 heavy (non-hydrogen) atoms. The van der Waals surface area contributed by atoms with Crippen molar-refractivity contribution in [3.8, 4) is 0 Å². The molecule has 4 saturated heterocycles. The Bertz CT molecular complexity index is 1220. The van der Waals surface area contributed by atoms with E-state index >= 15 is 0 Å². The Hall–Kier alpha value is -3.05. The highest BCUT2D eigenvalue weighted by atomic mass is 16.5. The summed E-state index contributed by atoms with van der Waals surface area (Å²) in [5, 5.41) is 10.8. The Morgan fingerprint density at radius 2 is 1.82 bits per heavy atom. The highest BCUT2D eigenvalue weighted by molar-refractivity contribution is 5.99. The van der Waals surface area contributed by atoms with E-state index in [1.165, 1.54) is 0 Å². The zero-order chi connectivity index (χ0) is 31.5. The van der Waals surface area contributed by atoms with Gasteiger partial charge in [-0.3, -0.25) is 19.3 Å². The van der Waals surface area contributed by atoms with Crippen LogP contribution >= 0.6 is 0 Å². The van der Waals surface area contributed by atoms with Gasteiger partial charge in [0, 0.05) is 46.3 Å². The summed E-state index contributed by atoms with van der Waals surface area (Å²) in [6.45, 7) is 14.1. The normalized spacial score (nSPS) is 30.2. The van der Waals surface area contributed by atoms with Crippen molar-refractivity contribution in [1.29, 1.82) is 0 Å². The second-order valence-electron chi connectivity index (χ2n) is 12.6. The quantitative estimate of drug-likeness (QED) is 0.321. The van der Waals surface area contributed by atoms with Crippen molar-refractivity contribution < 1.29 is 29.0 Å². The number of hydrogen-bond acceptors (Lipinski definition) is 7. The van der Waals surface area contributed by atoms with Gasteiger partial charge < -0.3 is 29.3 Å². The first-order chi connectivity index (χ1) is 21.3. The van der Waals surface area contributed by atoms with Gasteiger partial charge >= 0.3 is 0 Å². The number of likely N-dealkylation sites (tertiary alicyclic amines) is 1. The Morgan fingerprint density at radius 1 is 1.11 bits per heavy atom. The third kappa shape index (κ3) is 5.62. The topological polar surface area (TPSA) is 103 Å². The fourth-order valence-electron chi connectivity index (χ4n) is 8.07. The van der Waals surface area contributed by atoms with Gasteiger partial charge in [0.15, 0.2) is 0 Å². The lowest BCUT2D eigenvalue weighted by Crippen LogP contribution is -2.60. The first-order valence-electron chi connectivity index (χ1n) is 16.0. The Kier molecular flexibility index (Phi) is 9.94. The van der Waals surface area contributed by atoms with Crippen LogP contribution in [0.2, 0.25) is 0 Å². The number of likely N-dealkylation sites (N-methyl/N-ethyl adjacent to an activating group) is 1. The standard InChI is InChI=1S/C34H48N4O6/c1-5-15-35(4)30(40)27-28-31(41)38(26(24-39)23-25-11-9-8-10-12-25)29(34(28)14-13-33(27,7-3)44-34)32(42)37(16-6-2)18-17-36-19-21-43-22-20-36/h5-6,8-12,26-29,39H,1-2,7,13-24H2,3-4H3/t26-,27+,28+,29?,33-,34?/m1/s1. The average Bonchev–Trinajstić information content (AvgIpc) is 3.66. The number of carbonyl (C=O) groups is 3. The van der Waals surface area contributed by atoms with Gasteiger partial charge in [0.2, 0.25) is 17.7 Å². The summed E-state index contributed by atoms with van der Waals surface area (Å²) >= 11 is 0. The van der Waals surface area contributed by atoms with E-state index in [0.29, 0.717) is 65.1 Å². The summed E-state index contributed by atoms with van der Waals surface area (Å²) in [6.07, 6.45) is 5.38. The second-order valence-corrected chi connectivity index (χ2v) is 12.6. The zero-order valence-corrected chi connectivity index (χ0v) is 26.2. The van der Waals surface area contributed by atoms with Crippen LogP contribution in [-0.4, -0.2) is 132 Å². The van der Waals surface area contributed by atoms with Gasteiger partial charge in [-0.2, -0.15) is 0 Å². The maximum absolute atomic E-state index is 14.8. The van der Waals surface area contributed by atoms with Crippen LogP contribution < -0.4 is 0 Å². The highest BCUT2D eigenvalue weighted by Crippen LogP contribution is 2.65. The number of rotatable bonds is 14. The number of nitrogens with zero attached hydrogens (tertiary/aromatic N) is 4. The number of carbonyl (C=O) groups excluding carboxylic acids is 3. The van der Waals surface area contributed by atoms with Crippen LogP contribution in [-0.2, 0) is 30.3 Å². The van der Waals surface area contributed by atoms with Gasteiger partial charge in [-0.1, -0.05) is 49.4 Å². The van der Waals surface area contributed by atoms with E-state index in [9.17, 15) is 19.5 Å². The van der Waals surface area contributed by atoms with E-state index in [-0.39, 0.29) is 24.3 Å². The van der Waals surface area contributed by atoms with Gasteiger partial charge in [0.05, 0.1) is 43.3 Å². The molecule has 4 aliphatic heterocycles. The number of fused-ring (bicyclic) bond motifs is 1. The maximum atomic E-state index is 14.8. The van der Waals surface area contributed by atoms with Crippen LogP contribution in [0.5, 0.6) is 0 Å². The molecule has 3 amide bonds. The van der Waals surface area contributed by atoms with Crippen molar-refractivity contribution >= 4 is 17.7 Å². The molecule has 4 fully saturated rings. The molecular weight excluding hydrogens is 560 g/mol. The lowest BCUT2D eigenvalue weighted by molar-refractivity contribution is -0.157. The third-order valence-corrected chi connectivity index (χ3v) is 10.3. The van der Waals surface area contributed by atoms with Gasteiger partial charge in [-0.15, -0.1) is 13.2 Å². The third-order valence-electron chi connectivity index (χ3n) is 10.3. The lowest BCUT2D eigenvalue weighted by atomic mass is 9.64. The van der Waals surface area contributed by atoms with Crippen molar-refractivity contribution in [2.24, 2.45) is 11.8 Å². The first kappa shape index (κ1) is 32.3. The number of amides is 3. The molecule has 6 atom stereocenters. The fourth-order valence-corrected chi connectivity index (χ4v) is 8.07. The molecule has 0 aromatic heterocycles. The molecule has 2 unspecified atom stereocenters. The minimum Gasteiger partial charge on any atom is -0.394 e. The molecule has 5 rings (SSSR count). The van der Waals surface area contributed by atoms with Crippen LogP contribution in [0.15, 0.2) is 55.6 Å². The van der Waals surface area contributed by atoms with Crippen molar-refractivity contribution in [3.05, 3.63) is 61.2 Å². The van der Waals surface area contributed by atoms with Crippen LogP contribution in [0.25, 0.3) is 0 Å². The SMILES string of the molecule is C=CCN(C)C(=O)[C@@H]1[C@H]2C(=O)N([C@@H](CO)Cc3ccccc3)C(C(=O)N(CC=C)CCN3CCOCC3)C23CC[C@@]1(CC)O3. The number of aliphatic hydroxyl groups excluding tert-OH is 1. The fraction of sp³-hybridized carbons (Fsp3) is 0.618. The summed E-state index contributed by atoms with van der Waals surface area (Å²) in [5.41, 5.74) is -1.05. The number of aliphatic hydroxyl groups is 1. The Labute approximate surface area is 261 Å². The summed E-state index contributed by atoms with van der Waals surface area (Å²) in [6, 6.07) is 8.03. The molecule has 1 N–H and O–H groups in total. The van der Waals surface area contributed by atoms with Gasteiger partial charge in [0.25, 0.3) is 0 Å².